The lowest BCUT2D eigenvalue weighted by Crippen LogP contribution is -2.52. The Balaban J connectivity index is 0.00000243. The van der Waals surface area contributed by atoms with Gasteiger partial charge >= 0.3 is 0 Å². The molecule has 6 nitrogen and oxygen atoms in total. The number of rotatable bonds is 4. The molecule has 0 saturated carbocycles. The van der Waals surface area contributed by atoms with Gasteiger partial charge in [-0.25, -0.2) is 4.98 Å². The Hall–Kier alpha value is -1.55. The number of piperazine rings is 1. The van der Waals surface area contributed by atoms with Gasteiger partial charge < -0.3 is 20.2 Å². The monoisotopic (exact) mass is 487 g/mol. The Morgan fingerprint density at radius 1 is 1.27 bits per heavy atom. The number of phenols is 1. The van der Waals surface area contributed by atoms with Crippen LogP contribution in [0.25, 0.3) is 0 Å². The lowest BCUT2D eigenvalue weighted by atomic mass is 10.2. The molecule has 1 fully saturated rings. The first-order valence-corrected chi connectivity index (χ1v) is 9.45. The van der Waals surface area contributed by atoms with Crippen LogP contribution in [0.3, 0.4) is 0 Å². The third-order valence-electron chi connectivity index (χ3n) is 4.36. The smallest absolute Gasteiger partial charge is 0.194 e. The van der Waals surface area contributed by atoms with E-state index in [0.29, 0.717) is 12.3 Å². The van der Waals surface area contributed by atoms with Crippen LogP contribution in [0.5, 0.6) is 5.75 Å². The number of nitrogens with one attached hydrogen (secondary N) is 1. The predicted molar refractivity (Wildman–Crippen MR) is 119 cm³/mol. The SMILES string of the molecule is CCc1cnc(CNC(=NC)N2CCN(c3ccccc3O)CC2)s1.I. The zero-order valence-corrected chi connectivity index (χ0v) is 18.3. The van der Waals surface area contributed by atoms with E-state index >= 15 is 0 Å². The number of aliphatic imine (C=N–C) groups is 1. The standard InChI is InChI=1S/C18H25N5OS.HI/c1-3-14-12-20-17(25-14)13-21-18(19-2)23-10-8-22(9-11-23)15-6-4-5-7-16(15)24;/h4-7,12,24H,3,8-11,13H2,1-2H3,(H,19,21);1H. The van der Waals surface area contributed by atoms with E-state index in [2.05, 4.69) is 32.0 Å². The first-order valence-electron chi connectivity index (χ1n) is 8.63. The minimum Gasteiger partial charge on any atom is -0.506 e. The second kappa shape index (κ2) is 9.96. The molecule has 2 heterocycles. The second-order valence-electron chi connectivity index (χ2n) is 5.94. The van der Waals surface area contributed by atoms with Crippen molar-refractivity contribution >= 4 is 47.0 Å². The lowest BCUT2D eigenvalue weighted by molar-refractivity contribution is 0.369. The van der Waals surface area contributed by atoms with Crippen molar-refractivity contribution in [1.82, 2.24) is 15.2 Å². The number of aromatic hydroxyl groups is 1. The van der Waals surface area contributed by atoms with E-state index in [9.17, 15) is 5.11 Å². The van der Waals surface area contributed by atoms with Crippen LogP contribution in [-0.4, -0.2) is 54.2 Å². The molecule has 3 rings (SSSR count). The average molecular weight is 487 g/mol. The second-order valence-corrected chi connectivity index (χ2v) is 7.14. The first kappa shape index (κ1) is 20.8. The molecule has 1 aromatic carbocycles. The Bertz CT molecular complexity index is 728. The van der Waals surface area contributed by atoms with Gasteiger partial charge in [-0.05, 0) is 18.6 Å². The van der Waals surface area contributed by atoms with E-state index < -0.39 is 0 Å². The van der Waals surface area contributed by atoms with Crippen LogP contribution in [0.2, 0.25) is 0 Å². The summed E-state index contributed by atoms with van der Waals surface area (Å²) in [5, 5.41) is 14.5. The Morgan fingerprint density at radius 3 is 2.62 bits per heavy atom. The number of aryl methyl sites for hydroxylation is 1. The number of hydrogen-bond donors (Lipinski definition) is 2. The molecule has 0 bridgehead atoms. The summed E-state index contributed by atoms with van der Waals surface area (Å²) >= 11 is 1.75. The van der Waals surface area contributed by atoms with Crippen molar-refractivity contribution in [2.75, 3.05) is 38.1 Å². The number of phenolic OH excluding ortho intramolecular Hbond substituents is 1. The van der Waals surface area contributed by atoms with Crippen molar-refractivity contribution < 1.29 is 5.11 Å². The molecule has 0 unspecified atom stereocenters. The molecular weight excluding hydrogens is 461 g/mol. The summed E-state index contributed by atoms with van der Waals surface area (Å²) in [6.45, 7) is 6.30. The van der Waals surface area contributed by atoms with Gasteiger partial charge in [0.1, 0.15) is 10.8 Å². The van der Waals surface area contributed by atoms with Crippen molar-refractivity contribution in [3.05, 3.63) is 40.3 Å². The van der Waals surface area contributed by atoms with Gasteiger partial charge in [-0.2, -0.15) is 0 Å². The fraction of sp³-hybridized carbons (Fsp3) is 0.444. The molecule has 1 aliphatic heterocycles. The number of para-hydroxylation sites is 2. The fourth-order valence-corrected chi connectivity index (χ4v) is 3.77. The number of aromatic nitrogens is 1. The minimum atomic E-state index is 0. The molecule has 0 radical (unpaired) electrons. The van der Waals surface area contributed by atoms with Crippen molar-refractivity contribution in [3.63, 3.8) is 0 Å². The molecule has 8 heteroatoms. The zero-order chi connectivity index (χ0) is 17.6. The van der Waals surface area contributed by atoms with E-state index in [1.807, 2.05) is 31.4 Å². The van der Waals surface area contributed by atoms with Crippen LogP contribution in [0.1, 0.15) is 16.8 Å². The van der Waals surface area contributed by atoms with E-state index in [1.54, 1.807) is 17.4 Å². The van der Waals surface area contributed by atoms with Crippen LogP contribution in [0, 0.1) is 0 Å². The van der Waals surface area contributed by atoms with Crippen LogP contribution in [-0.2, 0) is 13.0 Å². The van der Waals surface area contributed by atoms with Gasteiger partial charge in [0, 0.05) is 44.3 Å². The van der Waals surface area contributed by atoms with Crippen LogP contribution in [0.4, 0.5) is 5.69 Å². The summed E-state index contributed by atoms with van der Waals surface area (Å²) in [7, 11) is 1.82. The van der Waals surface area contributed by atoms with Crippen molar-refractivity contribution in [3.8, 4) is 5.75 Å². The van der Waals surface area contributed by atoms with Gasteiger partial charge in [0.25, 0.3) is 0 Å². The summed E-state index contributed by atoms with van der Waals surface area (Å²) in [6.07, 6.45) is 2.98. The minimum absolute atomic E-state index is 0. The Morgan fingerprint density at radius 2 is 2.00 bits per heavy atom. The Labute approximate surface area is 176 Å². The van der Waals surface area contributed by atoms with Crippen molar-refractivity contribution in [1.29, 1.82) is 0 Å². The van der Waals surface area contributed by atoms with Crippen LogP contribution < -0.4 is 10.2 Å². The normalized spacial score (nSPS) is 14.9. The quantitative estimate of drug-likeness (QED) is 0.395. The predicted octanol–water partition coefficient (Wildman–Crippen LogP) is 2.93. The largest absolute Gasteiger partial charge is 0.506 e. The third kappa shape index (κ3) is 5.00. The molecule has 2 aromatic rings. The van der Waals surface area contributed by atoms with Crippen LogP contribution >= 0.6 is 35.3 Å². The van der Waals surface area contributed by atoms with Crippen molar-refractivity contribution in [2.45, 2.75) is 19.9 Å². The number of guanidine groups is 1. The number of anilines is 1. The topological polar surface area (TPSA) is 64.0 Å². The Kier molecular flexibility index (Phi) is 7.95. The summed E-state index contributed by atoms with van der Waals surface area (Å²) in [4.78, 5) is 14.6. The molecule has 1 aliphatic rings. The molecule has 0 atom stereocenters. The maximum atomic E-state index is 10.0. The average Bonchev–Trinajstić information content (AvgIpc) is 3.11. The van der Waals surface area contributed by atoms with Gasteiger partial charge in [0.05, 0.1) is 12.2 Å². The molecule has 0 amide bonds. The highest BCUT2D eigenvalue weighted by Gasteiger charge is 2.21. The molecular formula is C18H26IN5OS. The maximum Gasteiger partial charge on any atom is 0.194 e. The molecule has 26 heavy (non-hydrogen) atoms. The molecule has 142 valence electrons. The number of hydrogen-bond acceptors (Lipinski definition) is 5. The summed E-state index contributed by atoms with van der Waals surface area (Å²) in [6, 6.07) is 7.51. The molecule has 1 saturated heterocycles. The fourth-order valence-electron chi connectivity index (χ4n) is 2.97. The van der Waals surface area contributed by atoms with Gasteiger partial charge in [0.15, 0.2) is 5.96 Å². The first-order chi connectivity index (χ1) is 12.2. The van der Waals surface area contributed by atoms with E-state index in [4.69, 9.17) is 0 Å². The number of thiazole rings is 1. The van der Waals surface area contributed by atoms with Gasteiger partial charge in [-0.1, -0.05) is 19.1 Å². The molecule has 0 spiro atoms. The van der Waals surface area contributed by atoms with Gasteiger partial charge in [-0.15, -0.1) is 35.3 Å². The lowest BCUT2D eigenvalue weighted by Gasteiger charge is -2.37. The summed E-state index contributed by atoms with van der Waals surface area (Å²) < 4.78 is 0. The summed E-state index contributed by atoms with van der Waals surface area (Å²) in [5.41, 5.74) is 0.903. The highest BCUT2D eigenvalue weighted by molar-refractivity contribution is 14.0. The van der Waals surface area contributed by atoms with Crippen molar-refractivity contribution in [2.24, 2.45) is 4.99 Å². The van der Waals surface area contributed by atoms with Gasteiger partial charge in [-0.3, -0.25) is 4.99 Å². The number of halogens is 1. The van der Waals surface area contributed by atoms with E-state index in [-0.39, 0.29) is 24.0 Å². The summed E-state index contributed by atoms with van der Waals surface area (Å²) in [5.74, 6) is 1.25. The number of benzene rings is 1. The molecule has 1 aromatic heterocycles. The molecule has 0 aliphatic carbocycles. The zero-order valence-electron chi connectivity index (χ0n) is 15.2. The number of nitrogens with zero attached hydrogens (tertiary/aromatic N) is 4. The molecule has 2 N–H and O–H groups in total. The maximum absolute atomic E-state index is 10.0. The highest BCUT2D eigenvalue weighted by atomic mass is 127. The van der Waals surface area contributed by atoms with Crippen LogP contribution in [0.15, 0.2) is 35.5 Å². The van der Waals surface area contributed by atoms with E-state index in [1.165, 1.54) is 4.88 Å². The van der Waals surface area contributed by atoms with E-state index in [0.717, 1.165) is 49.3 Å². The highest BCUT2D eigenvalue weighted by Crippen LogP contribution is 2.27. The van der Waals surface area contributed by atoms with Gasteiger partial charge in [0.2, 0.25) is 0 Å². The third-order valence-corrected chi connectivity index (χ3v) is 5.50.